The Balaban J connectivity index is 2.92. The Morgan fingerprint density at radius 3 is 2.53 bits per heavy atom. The van der Waals surface area contributed by atoms with E-state index < -0.39 is 5.43 Å². The van der Waals surface area contributed by atoms with Crippen LogP contribution in [0.3, 0.4) is 0 Å². The molecule has 0 spiro atoms. The molecule has 0 saturated carbocycles. The van der Waals surface area contributed by atoms with Crippen molar-refractivity contribution in [3.8, 4) is 5.75 Å². The van der Waals surface area contributed by atoms with Crippen LogP contribution >= 0.6 is 11.6 Å². The predicted molar refractivity (Wildman–Crippen MR) is 56.3 cm³/mol. The molecule has 0 unspecified atom stereocenters. The standard InChI is InChI=1S/C10H10ClNO3/c1-12(2)9(13)7-4-3-5-8(6-7)15-10(11)14/h3-6H,1-2H3. The third-order valence-corrected chi connectivity index (χ3v) is 1.76. The van der Waals surface area contributed by atoms with Gasteiger partial charge in [-0.2, -0.15) is 0 Å². The van der Waals surface area contributed by atoms with Crippen LogP contribution in [0.25, 0.3) is 0 Å². The van der Waals surface area contributed by atoms with Crippen molar-refractivity contribution in [2.75, 3.05) is 14.1 Å². The first kappa shape index (κ1) is 11.5. The lowest BCUT2D eigenvalue weighted by Crippen LogP contribution is -2.21. The SMILES string of the molecule is CN(C)C(=O)c1cccc(OC(=O)Cl)c1. The van der Waals surface area contributed by atoms with Gasteiger partial charge in [0.1, 0.15) is 5.75 Å². The number of carbonyl (C=O) groups is 2. The summed E-state index contributed by atoms with van der Waals surface area (Å²) < 4.78 is 4.64. The van der Waals surface area contributed by atoms with Crippen LogP contribution in [0, 0.1) is 0 Å². The monoisotopic (exact) mass is 227 g/mol. The second-order valence-corrected chi connectivity index (χ2v) is 3.38. The number of amides is 1. The fraction of sp³-hybridized carbons (Fsp3) is 0.200. The average Bonchev–Trinajstić information content (AvgIpc) is 2.16. The zero-order chi connectivity index (χ0) is 11.4. The Morgan fingerprint density at radius 2 is 2.00 bits per heavy atom. The molecular weight excluding hydrogens is 218 g/mol. The van der Waals surface area contributed by atoms with E-state index in [2.05, 4.69) is 4.74 Å². The lowest BCUT2D eigenvalue weighted by molar-refractivity contribution is 0.0827. The summed E-state index contributed by atoms with van der Waals surface area (Å²) in [5, 5.41) is 0. The highest BCUT2D eigenvalue weighted by atomic mass is 35.5. The lowest BCUT2D eigenvalue weighted by atomic mass is 10.2. The summed E-state index contributed by atoms with van der Waals surface area (Å²) in [6, 6.07) is 6.26. The van der Waals surface area contributed by atoms with Gasteiger partial charge in [-0.05, 0) is 18.2 Å². The highest BCUT2D eigenvalue weighted by Crippen LogP contribution is 2.15. The molecule has 0 aromatic heterocycles. The minimum absolute atomic E-state index is 0.164. The molecular formula is C10H10ClNO3. The minimum atomic E-state index is -0.926. The quantitative estimate of drug-likeness (QED) is 0.727. The number of hydrogen-bond acceptors (Lipinski definition) is 3. The van der Waals surface area contributed by atoms with Crippen LogP contribution in [-0.2, 0) is 0 Å². The molecule has 0 fully saturated rings. The number of nitrogens with zero attached hydrogens (tertiary/aromatic N) is 1. The third kappa shape index (κ3) is 3.25. The Labute approximate surface area is 92.4 Å². The van der Waals surface area contributed by atoms with Crippen LogP contribution in [0.15, 0.2) is 24.3 Å². The van der Waals surface area contributed by atoms with Crippen molar-refractivity contribution >= 4 is 22.9 Å². The van der Waals surface area contributed by atoms with Gasteiger partial charge in [0.05, 0.1) is 0 Å². The molecule has 80 valence electrons. The maximum absolute atomic E-state index is 11.5. The van der Waals surface area contributed by atoms with Crippen molar-refractivity contribution in [3.63, 3.8) is 0 Å². The summed E-state index contributed by atoms with van der Waals surface area (Å²) in [5.74, 6) is 0.0881. The van der Waals surface area contributed by atoms with E-state index in [1.54, 1.807) is 32.3 Å². The molecule has 1 aromatic rings. The fourth-order valence-electron chi connectivity index (χ4n) is 1.04. The van der Waals surface area contributed by atoms with Crippen molar-refractivity contribution in [3.05, 3.63) is 29.8 Å². The van der Waals surface area contributed by atoms with Gasteiger partial charge in [0.2, 0.25) is 0 Å². The summed E-state index contributed by atoms with van der Waals surface area (Å²) in [6.45, 7) is 0. The molecule has 0 aliphatic rings. The van der Waals surface area contributed by atoms with E-state index in [9.17, 15) is 9.59 Å². The van der Waals surface area contributed by atoms with E-state index in [0.717, 1.165) is 0 Å². The van der Waals surface area contributed by atoms with Gasteiger partial charge < -0.3 is 9.64 Å². The normalized spacial score (nSPS) is 9.53. The molecule has 1 amide bonds. The number of rotatable bonds is 2. The molecule has 1 aromatic carbocycles. The van der Waals surface area contributed by atoms with Crippen LogP contribution < -0.4 is 4.74 Å². The van der Waals surface area contributed by atoms with E-state index in [-0.39, 0.29) is 11.7 Å². The Morgan fingerprint density at radius 1 is 1.33 bits per heavy atom. The smallest absolute Gasteiger partial charge is 0.409 e. The summed E-state index contributed by atoms with van der Waals surface area (Å²) >= 11 is 5.05. The van der Waals surface area contributed by atoms with Crippen molar-refractivity contribution in [1.29, 1.82) is 0 Å². The van der Waals surface area contributed by atoms with Crippen molar-refractivity contribution in [2.24, 2.45) is 0 Å². The van der Waals surface area contributed by atoms with Gasteiger partial charge >= 0.3 is 5.43 Å². The first-order valence-corrected chi connectivity index (χ1v) is 4.57. The summed E-state index contributed by atoms with van der Waals surface area (Å²) in [7, 11) is 3.28. The predicted octanol–water partition coefficient (Wildman–Crippen LogP) is 2.13. The van der Waals surface area contributed by atoms with Crippen LogP contribution in [0.1, 0.15) is 10.4 Å². The van der Waals surface area contributed by atoms with E-state index >= 15 is 0 Å². The largest absolute Gasteiger partial charge is 0.414 e. The van der Waals surface area contributed by atoms with E-state index in [0.29, 0.717) is 5.56 Å². The van der Waals surface area contributed by atoms with Gasteiger partial charge in [-0.15, -0.1) is 0 Å². The molecule has 0 aliphatic heterocycles. The van der Waals surface area contributed by atoms with E-state index in [1.165, 1.54) is 11.0 Å². The maximum Gasteiger partial charge on any atom is 0.409 e. The molecule has 0 aliphatic carbocycles. The van der Waals surface area contributed by atoms with E-state index in [1.807, 2.05) is 0 Å². The molecule has 1 rings (SSSR count). The molecule has 0 saturated heterocycles. The van der Waals surface area contributed by atoms with Gasteiger partial charge in [0.15, 0.2) is 0 Å². The number of carbonyl (C=O) groups excluding carboxylic acids is 2. The fourth-order valence-corrected chi connectivity index (χ4v) is 1.13. The minimum Gasteiger partial charge on any atom is -0.414 e. The summed E-state index contributed by atoms with van der Waals surface area (Å²) in [6.07, 6.45) is 0. The van der Waals surface area contributed by atoms with E-state index in [4.69, 9.17) is 11.6 Å². The van der Waals surface area contributed by atoms with Gasteiger partial charge in [-0.3, -0.25) is 4.79 Å². The van der Waals surface area contributed by atoms with Crippen molar-refractivity contribution < 1.29 is 14.3 Å². The maximum atomic E-state index is 11.5. The molecule has 0 heterocycles. The van der Waals surface area contributed by atoms with Crippen molar-refractivity contribution in [2.45, 2.75) is 0 Å². The molecule has 15 heavy (non-hydrogen) atoms. The van der Waals surface area contributed by atoms with Crippen molar-refractivity contribution in [1.82, 2.24) is 4.90 Å². The van der Waals surface area contributed by atoms with Gasteiger partial charge in [0.25, 0.3) is 5.91 Å². The highest BCUT2D eigenvalue weighted by Gasteiger charge is 2.09. The molecule has 0 atom stereocenters. The van der Waals surface area contributed by atoms with Crippen LogP contribution in [0.2, 0.25) is 0 Å². The lowest BCUT2D eigenvalue weighted by Gasteiger charge is -2.10. The molecule has 0 radical (unpaired) electrons. The Bertz CT molecular complexity index is 390. The second kappa shape index (κ2) is 4.79. The van der Waals surface area contributed by atoms with Crippen LogP contribution in [-0.4, -0.2) is 30.3 Å². The third-order valence-electron chi connectivity index (χ3n) is 1.69. The first-order valence-electron chi connectivity index (χ1n) is 4.19. The number of halogens is 1. The number of ether oxygens (including phenoxy) is 1. The topological polar surface area (TPSA) is 46.6 Å². The van der Waals surface area contributed by atoms with Gasteiger partial charge in [-0.1, -0.05) is 6.07 Å². The first-order chi connectivity index (χ1) is 7.00. The highest BCUT2D eigenvalue weighted by molar-refractivity contribution is 6.61. The van der Waals surface area contributed by atoms with Crippen LogP contribution in [0.5, 0.6) is 5.75 Å². The molecule has 4 nitrogen and oxygen atoms in total. The second-order valence-electron chi connectivity index (χ2n) is 3.07. The summed E-state index contributed by atoms with van der Waals surface area (Å²) in [5.41, 5.74) is -0.486. The Hall–Kier alpha value is -1.55. The van der Waals surface area contributed by atoms with Gasteiger partial charge in [-0.25, -0.2) is 4.79 Å². The zero-order valence-corrected chi connectivity index (χ0v) is 9.12. The zero-order valence-electron chi connectivity index (χ0n) is 8.36. The molecule has 0 N–H and O–H groups in total. The number of benzene rings is 1. The number of hydrogen-bond donors (Lipinski definition) is 0. The summed E-state index contributed by atoms with van der Waals surface area (Å²) in [4.78, 5) is 23.4. The Kier molecular flexibility index (Phi) is 3.68. The average molecular weight is 228 g/mol. The molecule has 0 bridgehead atoms. The van der Waals surface area contributed by atoms with Crippen LogP contribution in [0.4, 0.5) is 4.79 Å². The van der Waals surface area contributed by atoms with Gasteiger partial charge in [0, 0.05) is 31.3 Å². The molecule has 5 heteroatoms.